The molecule has 0 spiro atoms. The third kappa shape index (κ3) is 3.42. The van der Waals surface area contributed by atoms with E-state index in [0.29, 0.717) is 12.1 Å². The van der Waals surface area contributed by atoms with E-state index in [0.717, 1.165) is 19.5 Å². The van der Waals surface area contributed by atoms with Gasteiger partial charge >= 0.3 is 0 Å². The van der Waals surface area contributed by atoms with Crippen molar-refractivity contribution in [3.8, 4) is 0 Å². The molecule has 1 aliphatic rings. The molecule has 1 aliphatic heterocycles. The first-order valence-electron chi connectivity index (χ1n) is 6.61. The number of carbonyl (C=O) groups excluding carboxylic acids is 1. The summed E-state index contributed by atoms with van der Waals surface area (Å²) in [4.78, 5) is 16.4. The van der Waals surface area contributed by atoms with E-state index < -0.39 is 0 Å². The Kier molecular flexibility index (Phi) is 4.95. The van der Waals surface area contributed by atoms with Gasteiger partial charge in [-0.15, -0.1) is 0 Å². The molecule has 0 aromatic heterocycles. The van der Waals surface area contributed by atoms with Crippen LogP contribution in [-0.2, 0) is 4.79 Å². The molecule has 1 fully saturated rings. The summed E-state index contributed by atoms with van der Waals surface area (Å²) in [6.45, 7) is 10.0. The van der Waals surface area contributed by atoms with E-state index in [1.165, 1.54) is 0 Å². The average molecular weight is 241 g/mol. The Labute approximate surface area is 105 Å². The Morgan fingerprint density at radius 3 is 2.41 bits per heavy atom. The molecule has 17 heavy (non-hydrogen) atoms. The predicted molar refractivity (Wildman–Crippen MR) is 70.7 cm³/mol. The van der Waals surface area contributed by atoms with Gasteiger partial charge in [-0.25, -0.2) is 0 Å². The van der Waals surface area contributed by atoms with Crippen LogP contribution in [0.25, 0.3) is 0 Å². The lowest BCUT2D eigenvalue weighted by Crippen LogP contribution is -2.47. The fourth-order valence-electron chi connectivity index (χ4n) is 2.19. The number of carbonyl (C=O) groups is 1. The SMILES string of the molecule is CC(C)C(N)C(=O)N1CC[C@H](N(C)C(C)C)C1. The van der Waals surface area contributed by atoms with Gasteiger partial charge in [-0.1, -0.05) is 13.8 Å². The van der Waals surface area contributed by atoms with Crippen LogP contribution in [0.3, 0.4) is 0 Å². The average Bonchev–Trinajstić information content (AvgIpc) is 2.74. The summed E-state index contributed by atoms with van der Waals surface area (Å²) < 4.78 is 0. The van der Waals surface area contributed by atoms with Crippen molar-refractivity contribution in [3.05, 3.63) is 0 Å². The third-order valence-electron chi connectivity index (χ3n) is 3.87. The summed E-state index contributed by atoms with van der Waals surface area (Å²) in [5.41, 5.74) is 5.92. The number of nitrogens with two attached hydrogens (primary N) is 1. The summed E-state index contributed by atoms with van der Waals surface area (Å²) in [5.74, 6) is 0.323. The molecule has 4 heteroatoms. The van der Waals surface area contributed by atoms with Crippen molar-refractivity contribution >= 4 is 5.91 Å². The molecule has 1 heterocycles. The zero-order chi connectivity index (χ0) is 13.2. The van der Waals surface area contributed by atoms with Crippen molar-refractivity contribution in [3.63, 3.8) is 0 Å². The highest BCUT2D eigenvalue weighted by Crippen LogP contribution is 2.18. The second-order valence-corrected chi connectivity index (χ2v) is 5.76. The zero-order valence-electron chi connectivity index (χ0n) is 11.8. The van der Waals surface area contributed by atoms with Crippen molar-refractivity contribution in [2.75, 3.05) is 20.1 Å². The number of likely N-dealkylation sites (N-methyl/N-ethyl adjacent to an activating group) is 1. The molecular formula is C13H27N3O. The normalized spacial score (nSPS) is 22.9. The molecule has 1 unspecified atom stereocenters. The highest BCUT2D eigenvalue weighted by Gasteiger charge is 2.32. The van der Waals surface area contributed by atoms with Gasteiger partial charge in [0.1, 0.15) is 0 Å². The van der Waals surface area contributed by atoms with Gasteiger partial charge in [0.25, 0.3) is 0 Å². The van der Waals surface area contributed by atoms with Gasteiger partial charge in [0.2, 0.25) is 5.91 Å². The van der Waals surface area contributed by atoms with Crippen LogP contribution in [0.1, 0.15) is 34.1 Å². The Bertz CT molecular complexity index is 265. The Morgan fingerprint density at radius 2 is 1.94 bits per heavy atom. The summed E-state index contributed by atoms with van der Waals surface area (Å²) in [6.07, 6.45) is 1.06. The molecule has 0 aliphatic carbocycles. The predicted octanol–water partition coefficient (Wildman–Crippen LogP) is 0.911. The Hall–Kier alpha value is -0.610. The van der Waals surface area contributed by atoms with Crippen molar-refractivity contribution in [2.45, 2.75) is 52.2 Å². The molecule has 1 saturated heterocycles. The maximum atomic E-state index is 12.1. The molecule has 0 aromatic carbocycles. The second kappa shape index (κ2) is 5.83. The lowest BCUT2D eigenvalue weighted by Gasteiger charge is -2.29. The number of likely N-dealkylation sites (tertiary alicyclic amines) is 1. The van der Waals surface area contributed by atoms with Crippen LogP contribution in [0.2, 0.25) is 0 Å². The zero-order valence-corrected chi connectivity index (χ0v) is 11.8. The molecule has 1 amide bonds. The largest absolute Gasteiger partial charge is 0.340 e. The minimum Gasteiger partial charge on any atom is -0.340 e. The number of rotatable bonds is 4. The molecule has 100 valence electrons. The maximum Gasteiger partial charge on any atom is 0.239 e. The standard InChI is InChI=1S/C13H27N3O/c1-9(2)12(14)13(17)16-7-6-11(8-16)15(5)10(3)4/h9-12H,6-8,14H2,1-5H3/t11-,12?/m0/s1. The van der Waals surface area contributed by atoms with E-state index in [1.807, 2.05) is 18.7 Å². The van der Waals surface area contributed by atoms with Crippen molar-refractivity contribution in [1.29, 1.82) is 0 Å². The number of hydrogen-bond donors (Lipinski definition) is 1. The first-order valence-corrected chi connectivity index (χ1v) is 6.61. The summed E-state index contributed by atoms with van der Waals surface area (Å²) in [6, 6.07) is 0.658. The lowest BCUT2D eigenvalue weighted by atomic mass is 10.0. The van der Waals surface area contributed by atoms with Crippen LogP contribution in [0.15, 0.2) is 0 Å². The molecule has 0 aromatic rings. The van der Waals surface area contributed by atoms with Crippen LogP contribution in [0, 0.1) is 5.92 Å². The summed E-state index contributed by atoms with van der Waals surface area (Å²) in [5, 5.41) is 0. The number of hydrogen-bond acceptors (Lipinski definition) is 3. The van der Waals surface area contributed by atoms with Gasteiger partial charge in [0, 0.05) is 25.2 Å². The van der Waals surface area contributed by atoms with Gasteiger partial charge in [0.15, 0.2) is 0 Å². The smallest absolute Gasteiger partial charge is 0.239 e. The van der Waals surface area contributed by atoms with Gasteiger partial charge in [-0.2, -0.15) is 0 Å². The highest BCUT2D eigenvalue weighted by atomic mass is 16.2. The fraction of sp³-hybridized carbons (Fsp3) is 0.923. The first-order chi connectivity index (χ1) is 7.84. The van der Waals surface area contributed by atoms with Crippen LogP contribution in [0.5, 0.6) is 0 Å². The molecule has 0 saturated carbocycles. The summed E-state index contributed by atoms with van der Waals surface area (Å²) >= 11 is 0. The summed E-state index contributed by atoms with van der Waals surface area (Å²) in [7, 11) is 2.13. The molecule has 0 bridgehead atoms. The Balaban J connectivity index is 2.53. The fourth-order valence-corrected chi connectivity index (χ4v) is 2.19. The molecule has 4 nitrogen and oxygen atoms in total. The molecule has 2 N–H and O–H groups in total. The van der Waals surface area contributed by atoms with Gasteiger partial charge < -0.3 is 10.6 Å². The van der Waals surface area contributed by atoms with Crippen molar-refractivity contribution < 1.29 is 4.79 Å². The maximum absolute atomic E-state index is 12.1. The van der Waals surface area contributed by atoms with Crippen LogP contribution >= 0.6 is 0 Å². The topological polar surface area (TPSA) is 49.6 Å². The minimum absolute atomic E-state index is 0.111. The van der Waals surface area contributed by atoms with Gasteiger partial charge in [-0.3, -0.25) is 9.69 Å². The van der Waals surface area contributed by atoms with E-state index >= 15 is 0 Å². The van der Waals surface area contributed by atoms with Crippen molar-refractivity contribution in [1.82, 2.24) is 9.80 Å². The molecular weight excluding hydrogens is 214 g/mol. The first kappa shape index (κ1) is 14.5. The third-order valence-corrected chi connectivity index (χ3v) is 3.87. The minimum atomic E-state index is -0.349. The molecule has 2 atom stereocenters. The second-order valence-electron chi connectivity index (χ2n) is 5.76. The van der Waals surface area contributed by atoms with Gasteiger partial charge in [-0.05, 0) is 33.2 Å². The highest BCUT2D eigenvalue weighted by molar-refractivity contribution is 5.82. The van der Waals surface area contributed by atoms with Crippen LogP contribution < -0.4 is 5.73 Å². The Morgan fingerprint density at radius 1 is 1.35 bits per heavy atom. The van der Waals surface area contributed by atoms with Crippen molar-refractivity contribution in [2.24, 2.45) is 11.7 Å². The van der Waals surface area contributed by atoms with E-state index in [-0.39, 0.29) is 17.9 Å². The van der Waals surface area contributed by atoms with E-state index in [4.69, 9.17) is 5.73 Å². The van der Waals surface area contributed by atoms with E-state index in [2.05, 4.69) is 25.8 Å². The van der Waals surface area contributed by atoms with Crippen LogP contribution in [-0.4, -0.2) is 54.0 Å². The monoisotopic (exact) mass is 241 g/mol. The molecule has 1 rings (SSSR count). The van der Waals surface area contributed by atoms with E-state index in [9.17, 15) is 4.79 Å². The van der Waals surface area contributed by atoms with Gasteiger partial charge in [0.05, 0.1) is 6.04 Å². The number of amides is 1. The quantitative estimate of drug-likeness (QED) is 0.796. The number of nitrogens with zero attached hydrogens (tertiary/aromatic N) is 2. The van der Waals surface area contributed by atoms with E-state index in [1.54, 1.807) is 0 Å². The van der Waals surface area contributed by atoms with Crippen LogP contribution in [0.4, 0.5) is 0 Å². The molecule has 0 radical (unpaired) electrons. The lowest BCUT2D eigenvalue weighted by molar-refractivity contribution is -0.132.